The van der Waals surface area contributed by atoms with Gasteiger partial charge in [-0.05, 0) is 68.3 Å². The molecular weight excluding hydrogens is 429 g/mol. The van der Waals surface area contributed by atoms with Crippen molar-refractivity contribution in [3.05, 3.63) is 72.2 Å². The van der Waals surface area contributed by atoms with Crippen molar-refractivity contribution < 1.29 is 4.39 Å². The maximum atomic E-state index is 13.9. The standard InChI is InChI=1S/C26H28FN7/c1-28-20-12-14-32(17-20)25-9-3-7-21(30-25)23-16-29-24-10-11-26(31-34(23)24)33-13-4-8-22(33)18-5-2-6-19(27)15-18/h2-3,5-7,9-11,15-16,20,22,28H,4,8,12-14,17H2,1H3/t20-,22?/m1/s1. The number of aromatic nitrogens is 4. The zero-order valence-corrected chi connectivity index (χ0v) is 19.2. The summed E-state index contributed by atoms with van der Waals surface area (Å²) in [6, 6.07) is 17.7. The molecule has 0 amide bonds. The van der Waals surface area contributed by atoms with Gasteiger partial charge in [0, 0.05) is 25.7 Å². The number of anilines is 2. The van der Waals surface area contributed by atoms with Crippen LogP contribution in [0.25, 0.3) is 17.0 Å². The van der Waals surface area contributed by atoms with E-state index in [2.05, 4.69) is 26.2 Å². The fourth-order valence-corrected chi connectivity index (χ4v) is 5.24. The zero-order chi connectivity index (χ0) is 23.1. The molecular formula is C26H28FN7. The Labute approximate surface area is 198 Å². The predicted octanol–water partition coefficient (Wildman–Crippen LogP) is 4.07. The molecule has 2 atom stereocenters. The van der Waals surface area contributed by atoms with E-state index >= 15 is 0 Å². The first kappa shape index (κ1) is 21.0. The van der Waals surface area contributed by atoms with Gasteiger partial charge in [-0.25, -0.2) is 18.9 Å². The Morgan fingerprint density at radius 1 is 1.00 bits per heavy atom. The number of hydrogen-bond acceptors (Lipinski definition) is 6. The fraction of sp³-hybridized carbons (Fsp3) is 0.346. The highest BCUT2D eigenvalue weighted by molar-refractivity contribution is 5.63. The Morgan fingerprint density at radius 3 is 2.76 bits per heavy atom. The lowest BCUT2D eigenvalue weighted by molar-refractivity contribution is 0.616. The number of nitrogens with zero attached hydrogens (tertiary/aromatic N) is 6. The maximum Gasteiger partial charge on any atom is 0.154 e. The highest BCUT2D eigenvalue weighted by atomic mass is 19.1. The molecule has 0 aliphatic carbocycles. The molecule has 3 aromatic heterocycles. The topological polar surface area (TPSA) is 61.6 Å². The van der Waals surface area contributed by atoms with Gasteiger partial charge in [0.2, 0.25) is 0 Å². The van der Waals surface area contributed by atoms with Crippen molar-refractivity contribution in [1.82, 2.24) is 24.9 Å². The van der Waals surface area contributed by atoms with Gasteiger partial charge in [0.05, 0.1) is 17.9 Å². The normalized spacial score (nSPS) is 20.5. The molecule has 0 saturated carbocycles. The van der Waals surface area contributed by atoms with Crippen LogP contribution in [0.3, 0.4) is 0 Å². The summed E-state index contributed by atoms with van der Waals surface area (Å²) in [7, 11) is 2.01. The summed E-state index contributed by atoms with van der Waals surface area (Å²) >= 11 is 0. The Balaban J connectivity index is 1.34. The number of benzene rings is 1. The summed E-state index contributed by atoms with van der Waals surface area (Å²) in [5.41, 5.74) is 3.49. The molecule has 2 saturated heterocycles. The van der Waals surface area contributed by atoms with Crippen LogP contribution < -0.4 is 15.1 Å². The summed E-state index contributed by atoms with van der Waals surface area (Å²) in [4.78, 5) is 14.1. The van der Waals surface area contributed by atoms with E-state index in [9.17, 15) is 4.39 Å². The smallest absolute Gasteiger partial charge is 0.154 e. The third kappa shape index (κ3) is 3.77. The van der Waals surface area contributed by atoms with Gasteiger partial charge in [-0.3, -0.25) is 0 Å². The minimum atomic E-state index is -0.199. The first-order valence-electron chi connectivity index (χ1n) is 12.0. The van der Waals surface area contributed by atoms with Crippen molar-refractivity contribution in [3.8, 4) is 11.4 Å². The van der Waals surface area contributed by atoms with Crippen LogP contribution in [0.4, 0.5) is 16.0 Å². The first-order chi connectivity index (χ1) is 16.7. The van der Waals surface area contributed by atoms with E-state index < -0.39 is 0 Å². The molecule has 7 nitrogen and oxygen atoms in total. The van der Waals surface area contributed by atoms with E-state index in [1.807, 2.05) is 48.1 Å². The molecule has 5 heterocycles. The van der Waals surface area contributed by atoms with Gasteiger partial charge in [-0.2, -0.15) is 0 Å². The first-order valence-corrected chi connectivity index (χ1v) is 12.0. The van der Waals surface area contributed by atoms with Gasteiger partial charge in [0.1, 0.15) is 23.1 Å². The minimum Gasteiger partial charge on any atom is -0.355 e. The van der Waals surface area contributed by atoms with E-state index in [-0.39, 0.29) is 11.9 Å². The van der Waals surface area contributed by atoms with E-state index in [0.29, 0.717) is 6.04 Å². The molecule has 174 valence electrons. The van der Waals surface area contributed by atoms with Gasteiger partial charge in [-0.15, -0.1) is 5.10 Å². The number of rotatable bonds is 5. The molecule has 2 aliphatic rings. The second kappa shape index (κ2) is 8.68. The van der Waals surface area contributed by atoms with E-state index in [1.165, 1.54) is 6.07 Å². The number of imidazole rings is 1. The molecule has 1 aromatic carbocycles. The highest BCUT2D eigenvalue weighted by Gasteiger charge is 2.28. The molecule has 1 unspecified atom stereocenters. The van der Waals surface area contributed by atoms with Crippen molar-refractivity contribution in [1.29, 1.82) is 0 Å². The Kier molecular flexibility index (Phi) is 5.37. The van der Waals surface area contributed by atoms with Crippen molar-refractivity contribution >= 4 is 17.3 Å². The number of nitrogens with one attached hydrogen (secondary N) is 1. The summed E-state index contributed by atoms with van der Waals surface area (Å²) in [6.45, 7) is 2.84. The Hall–Kier alpha value is -3.52. The van der Waals surface area contributed by atoms with Crippen LogP contribution in [0.5, 0.6) is 0 Å². The van der Waals surface area contributed by atoms with Crippen LogP contribution in [0.1, 0.15) is 30.9 Å². The molecule has 0 bridgehead atoms. The third-order valence-corrected chi connectivity index (χ3v) is 7.05. The monoisotopic (exact) mass is 457 g/mol. The summed E-state index contributed by atoms with van der Waals surface area (Å²) < 4.78 is 15.8. The van der Waals surface area contributed by atoms with Crippen LogP contribution in [0.15, 0.2) is 60.8 Å². The van der Waals surface area contributed by atoms with Gasteiger partial charge in [-0.1, -0.05) is 18.2 Å². The number of pyridine rings is 1. The number of likely N-dealkylation sites (N-methyl/N-ethyl adjacent to an activating group) is 1. The third-order valence-electron chi connectivity index (χ3n) is 7.05. The molecule has 34 heavy (non-hydrogen) atoms. The van der Waals surface area contributed by atoms with Gasteiger partial charge < -0.3 is 15.1 Å². The largest absolute Gasteiger partial charge is 0.355 e. The molecule has 8 heteroatoms. The van der Waals surface area contributed by atoms with Crippen molar-refractivity contribution in [3.63, 3.8) is 0 Å². The van der Waals surface area contributed by atoms with Crippen molar-refractivity contribution in [2.45, 2.75) is 31.3 Å². The fourth-order valence-electron chi connectivity index (χ4n) is 5.24. The SMILES string of the molecule is CN[C@@H]1CCN(c2cccc(-c3cnc4ccc(N5CCCC5c5cccc(F)c5)nn34)n2)C1. The maximum absolute atomic E-state index is 13.9. The summed E-state index contributed by atoms with van der Waals surface area (Å²) in [6.07, 6.45) is 4.98. The van der Waals surface area contributed by atoms with Crippen LogP contribution in [-0.2, 0) is 0 Å². The van der Waals surface area contributed by atoms with E-state index in [4.69, 9.17) is 10.1 Å². The lowest BCUT2D eigenvalue weighted by Gasteiger charge is -2.26. The lowest BCUT2D eigenvalue weighted by atomic mass is 10.0. The molecule has 2 aliphatic heterocycles. The quantitative estimate of drug-likeness (QED) is 0.488. The average Bonchev–Trinajstić information content (AvgIpc) is 3.63. The van der Waals surface area contributed by atoms with Crippen molar-refractivity contribution in [2.24, 2.45) is 0 Å². The van der Waals surface area contributed by atoms with Crippen LogP contribution in [0, 0.1) is 5.82 Å². The van der Waals surface area contributed by atoms with E-state index in [1.54, 1.807) is 12.1 Å². The average molecular weight is 458 g/mol. The lowest BCUT2D eigenvalue weighted by Crippen LogP contribution is -2.29. The second-order valence-electron chi connectivity index (χ2n) is 9.11. The predicted molar refractivity (Wildman–Crippen MR) is 132 cm³/mol. The molecule has 2 fully saturated rings. The summed E-state index contributed by atoms with van der Waals surface area (Å²) in [5.74, 6) is 1.65. The zero-order valence-electron chi connectivity index (χ0n) is 19.2. The second-order valence-corrected chi connectivity index (χ2v) is 9.11. The van der Waals surface area contributed by atoms with Gasteiger partial charge in [0.15, 0.2) is 5.65 Å². The highest BCUT2D eigenvalue weighted by Crippen LogP contribution is 2.35. The molecule has 0 radical (unpaired) electrons. The molecule has 4 aromatic rings. The number of halogens is 1. The van der Waals surface area contributed by atoms with Gasteiger partial charge >= 0.3 is 0 Å². The molecule has 6 rings (SSSR count). The van der Waals surface area contributed by atoms with Crippen LogP contribution in [-0.4, -0.2) is 52.3 Å². The molecule has 1 N–H and O–H groups in total. The number of hydrogen-bond donors (Lipinski definition) is 1. The Morgan fingerprint density at radius 2 is 1.91 bits per heavy atom. The van der Waals surface area contributed by atoms with E-state index in [0.717, 1.165) is 73.1 Å². The number of fused-ring (bicyclic) bond motifs is 1. The Bertz CT molecular complexity index is 1320. The van der Waals surface area contributed by atoms with Crippen LogP contribution >= 0.6 is 0 Å². The molecule has 0 spiro atoms. The van der Waals surface area contributed by atoms with Gasteiger partial charge in [0.25, 0.3) is 0 Å². The summed E-state index contributed by atoms with van der Waals surface area (Å²) in [5, 5.41) is 8.33. The van der Waals surface area contributed by atoms with Crippen molar-refractivity contribution in [2.75, 3.05) is 36.5 Å². The minimum absolute atomic E-state index is 0.115. The van der Waals surface area contributed by atoms with Crippen LogP contribution in [0.2, 0.25) is 0 Å².